The Bertz CT molecular complexity index is 862. The first-order chi connectivity index (χ1) is 11.7. The van der Waals surface area contributed by atoms with Gasteiger partial charge in [0, 0.05) is 23.1 Å². The Morgan fingerprint density at radius 3 is 2.50 bits per heavy atom. The van der Waals surface area contributed by atoms with Gasteiger partial charge in [-0.05, 0) is 49.6 Å². The molecule has 0 N–H and O–H groups in total. The van der Waals surface area contributed by atoms with Crippen LogP contribution in [-0.4, -0.2) is 17.1 Å². The lowest BCUT2D eigenvalue weighted by atomic mass is 10.1. The van der Waals surface area contributed by atoms with Crippen LogP contribution in [0.15, 0.2) is 48.5 Å². The molecule has 1 aromatic heterocycles. The highest BCUT2D eigenvalue weighted by Crippen LogP contribution is 2.28. The van der Waals surface area contributed by atoms with Gasteiger partial charge in [0.05, 0.1) is 12.2 Å². The van der Waals surface area contributed by atoms with E-state index in [-0.39, 0.29) is 5.97 Å². The third-order valence-electron chi connectivity index (χ3n) is 4.50. The normalized spacial score (nSPS) is 11.0. The van der Waals surface area contributed by atoms with E-state index in [1.54, 1.807) is 0 Å². The predicted molar refractivity (Wildman–Crippen MR) is 97.6 cm³/mol. The largest absolute Gasteiger partial charge is 0.462 e. The molecule has 124 valence electrons. The maximum atomic E-state index is 12.0. The number of carbonyl (C=O) groups is 1. The summed E-state index contributed by atoms with van der Waals surface area (Å²) in [6.45, 7) is 7.37. The van der Waals surface area contributed by atoms with Gasteiger partial charge in [0.2, 0.25) is 0 Å². The van der Waals surface area contributed by atoms with Crippen molar-refractivity contribution >= 4 is 16.9 Å². The van der Waals surface area contributed by atoms with E-state index in [0.29, 0.717) is 12.2 Å². The van der Waals surface area contributed by atoms with Crippen LogP contribution in [0.4, 0.5) is 0 Å². The lowest BCUT2D eigenvalue weighted by Gasteiger charge is -2.09. The number of rotatable bonds is 5. The van der Waals surface area contributed by atoms with E-state index in [1.165, 1.54) is 22.3 Å². The molecule has 24 heavy (non-hydrogen) atoms. The first-order valence-corrected chi connectivity index (χ1v) is 8.48. The zero-order valence-electron chi connectivity index (χ0n) is 14.5. The molecule has 1 heterocycles. The molecule has 0 radical (unpaired) electrons. The standard InChI is InChI=1S/C21H23NO2/c1-4-18-15(3)22(14-16-9-7-6-8-10-16)20-12-11-17(13-19(18)20)21(23)24-5-2/h6-13H,4-5,14H2,1-3H3. The number of aromatic nitrogens is 1. The average molecular weight is 321 g/mol. The third-order valence-corrected chi connectivity index (χ3v) is 4.50. The van der Waals surface area contributed by atoms with Crippen LogP contribution < -0.4 is 0 Å². The van der Waals surface area contributed by atoms with Gasteiger partial charge in [-0.25, -0.2) is 4.79 Å². The Morgan fingerprint density at radius 1 is 1.08 bits per heavy atom. The molecule has 0 atom stereocenters. The van der Waals surface area contributed by atoms with Crippen LogP contribution in [0.25, 0.3) is 10.9 Å². The SMILES string of the molecule is CCOC(=O)c1ccc2c(c1)c(CC)c(C)n2Cc1ccccc1. The van der Waals surface area contributed by atoms with Gasteiger partial charge >= 0.3 is 5.97 Å². The maximum absolute atomic E-state index is 12.0. The summed E-state index contributed by atoms with van der Waals surface area (Å²) < 4.78 is 7.47. The van der Waals surface area contributed by atoms with Crippen molar-refractivity contribution < 1.29 is 9.53 Å². The lowest BCUT2D eigenvalue weighted by molar-refractivity contribution is 0.0526. The van der Waals surface area contributed by atoms with Crippen molar-refractivity contribution in [2.75, 3.05) is 6.61 Å². The Labute approximate surface area is 142 Å². The molecule has 0 saturated carbocycles. The fourth-order valence-electron chi connectivity index (χ4n) is 3.31. The topological polar surface area (TPSA) is 31.2 Å². The van der Waals surface area contributed by atoms with E-state index in [2.05, 4.69) is 42.7 Å². The highest BCUT2D eigenvalue weighted by Gasteiger charge is 2.16. The van der Waals surface area contributed by atoms with Crippen LogP contribution in [-0.2, 0) is 17.7 Å². The smallest absolute Gasteiger partial charge is 0.338 e. The molecule has 0 aliphatic carbocycles. The first kappa shape index (κ1) is 16.3. The number of hydrogen-bond donors (Lipinski definition) is 0. The summed E-state index contributed by atoms with van der Waals surface area (Å²) >= 11 is 0. The monoisotopic (exact) mass is 321 g/mol. The van der Waals surface area contributed by atoms with Crippen molar-refractivity contribution in [3.8, 4) is 0 Å². The minimum atomic E-state index is -0.255. The molecular formula is C21H23NO2. The molecule has 0 amide bonds. The summed E-state index contributed by atoms with van der Waals surface area (Å²) in [5.74, 6) is -0.255. The van der Waals surface area contributed by atoms with Gasteiger partial charge in [-0.2, -0.15) is 0 Å². The molecule has 0 unspecified atom stereocenters. The van der Waals surface area contributed by atoms with Crippen LogP contribution in [0.3, 0.4) is 0 Å². The van der Waals surface area contributed by atoms with Crippen molar-refractivity contribution in [2.24, 2.45) is 0 Å². The van der Waals surface area contributed by atoms with E-state index in [0.717, 1.165) is 18.4 Å². The zero-order chi connectivity index (χ0) is 17.1. The summed E-state index contributed by atoms with van der Waals surface area (Å²) in [4.78, 5) is 12.0. The summed E-state index contributed by atoms with van der Waals surface area (Å²) in [6, 6.07) is 16.3. The average Bonchev–Trinajstić information content (AvgIpc) is 2.87. The van der Waals surface area contributed by atoms with Crippen molar-refractivity contribution in [1.82, 2.24) is 4.57 Å². The minimum absolute atomic E-state index is 0.255. The molecule has 2 aromatic carbocycles. The van der Waals surface area contributed by atoms with Gasteiger partial charge in [0.1, 0.15) is 0 Å². The van der Waals surface area contributed by atoms with E-state index in [4.69, 9.17) is 4.74 Å². The van der Waals surface area contributed by atoms with Crippen LogP contribution >= 0.6 is 0 Å². The Kier molecular flexibility index (Phi) is 4.70. The summed E-state index contributed by atoms with van der Waals surface area (Å²) in [6.07, 6.45) is 0.941. The van der Waals surface area contributed by atoms with Gasteiger partial charge < -0.3 is 9.30 Å². The molecule has 0 aliphatic heterocycles. The van der Waals surface area contributed by atoms with Gasteiger partial charge in [0.15, 0.2) is 0 Å². The lowest BCUT2D eigenvalue weighted by Crippen LogP contribution is -2.04. The quantitative estimate of drug-likeness (QED) is 0.636. The van der Waals surface area contributed by atoms with E-state index >= 15 is 0 Å². The molecule has 3 rings (SSSR count). The summed E-state index contributed by atoms with van der Waals surface area (Å²) in [7, 11) is 0. The van der Waals surface area contributed by atoms with Crippen molar-refractivity contribution in [3.05, 3.63) is 70.9 Å². The fraction of sp³-hybridized carbons (Fsp3) is 0.286. The van der Waals surface area contributed by atoms with Gasteiger partial charge in [0.25, 0.3) is 0 Å². The number of ether oxygens (including phenoxy) is 1. The third kappa shape index (κ3) is 2.94. The highest BCUT2D eigenvalue weighted by atomic mass is 16.5. The Hall–Kier alpha value is -2.55. The maximum Gasteiger partial charge on any atom is 0.338 e. The summed E-state index contributed by atoms with van der Waals surface area (Å²) in [5, 5.41) is 1.15. The van der Waals surface area contributed by atoms with E-state index < -0.39 is 0 Å². The van der Waals surface area contributed by atoms with Gasteiger partial charge in [-0.3, -0.25) is 0 Å². The molecule has 0 saturated heterocycles. The van der Waals surface area contributed by atoms with Crippen LogP contribution in [0.1, 0.15) is 41.0 Å². The molecule has 0 aliphatic rings. The fourth-order valence-corrected chi connectivity index (χ4v) is 3.31. The number of fused-ring (bicyclic) bond motifs is 1. The second-order valence-corrected chi connectivity index (χ2v) is 5.94. The van der Waals surface area contributed by atoms with Crippen LogP contribution in [0.5, 0.6) is 0 Å². The second kappa shape index (κ2) is 6.91. The number of benzene rings is 2. The Balaban J connectivity index is 2.10. The van der Waals surface area contributed by atoms with Crippen molar-refractivity contribution in [2.45, 2.75) is 33.7 Å². The predicted octanol–water partition coefficient (Wildman–Crippen LogP) is 4.74. The van der Waals surface area contributed by atoms with Crippen LogP contribution in [0.2, 0.25) is 0 Å². The first-order valence-electron chi connectivity index (χ1n) is 8.48. The zero-order valence-corrected chi connectivity index (χ0v) is 14.5. The molecule has 3 nitrogen and oxygen atoms in total. The molecule has 3 heteroatoms. The molecular weight excluding hydrogens is 298 g/mol. The van der Waals surface area contributed by atoms with Crippen LogP contribution in [0, 0.1) is 6.92 Å². The molecule has 0 spiro atoms. The number of esters is 1. The number of nitrogens with zero attached hydrogens (tertiary/aromatic N) is 1. The van der Waals surface area contributed by atoms with E-state index in [1.807, 2.05) is 31.2 Å². The summed E-state index contributed by atoms with van der Waals surface area (Å²) in [5.41, 5.74) is 5.62. The second-order valence-electron chi connectivity index (χ2n) is 5.94. The molecule has 0 bridgehead atoms. The van der Waals surface area contributed by atoms with Gasteiger partial charge in [-0.1, -0.05) is 37.3 Å². The number of aryl methyl sites for hydroxylation is 1. The van der Waals surface area contributed by atoms with Crippen molar-refractivity contribution in [3.63, 3.8) is 0 Å². The Morgan fingerprint density at radius 2 is 1.83 bits per heavy atom. The molecule has 3 aromatic rings. The van der Waals surface area contributed by atoms with Gasteiger partial charge in [-0.15, -0.1) is 0 Å². The number of hydrogen-bond acceptors (Lipinski definition) is 2. The minimum Gasteiger partial charge on any atom is -0.462 e. The highest BCUT2D eigenvalue weighted by molar-refractivity contribution is 5.96. The van der Waals surface area contributed by atoms with E-state index in [9.17, 15) is 4.79 Å². The number of carbonyl (C=O) groups excluding carboxylic acids is 1. The molecule has 0 fully saturated rings. The van der Waals surface area contributed by atoms with Crippen molar-refractivity contribution in [1.29, 1.82) is 0 Å².